The number of phenolic OH excluding ortho intramolecular Hbond substituents is 1. The lowest BCUT2D eigenvalue weighted by molar-refractivity contribution is 0.475. The van der Waals surface area contributed by atoms with Crippen LogP contribution in [0.25, 0.3) is 11.3 Å². The topological polar surface area (TPSA) is 46.3 Å². The minimum Gasteiger partial charge on any atom is -0.508 e. The summed E-state index contributed by atoms with van der Waals surface area (Å²) in [4.78, 5) is 4.61. The Labute approximate surface area is 89.5 Å². The largest absolute Gasteiger partial charge is 0.508 e. The van der Waals surface area contributed by atoms with Crippen molar-refractivity contribution in [2.24, 2.45) is 0 Å². The fourth-order valence-corrected chi connectivity index (χ4v) is 1.71. The predicted molar refractivity (Wildman–Crippen MR) is 56.0 cm³/mol. The Bertz CT molecular complexity index is 465. The number of halogens is 1. The van der Waals surface area contributed by atoms with Crippen LogP contribution in [0.2, 0.25) is 0 Å². The van der Waals surface area contributed by atoms with Crippen molar-refractivity contribution < 1.29 is 9.52 Å². The van der Waals surface area contributed by atoms with E-state index in [0.717, 1.165) is 17.0 Å². The molecule has 1 N–H and O–H groups in total. The van der Waals surface area contributed by atoms with Gasteiger partial charge in [-0.25, -0.2) is 4.98 Å². The fraction of sp³-hybridized carbons (Fsp3) is 0.100. The molecule has 0 bridgehead atoms. The number of aromatic nitrogens is 1. The number of benzene rings is 1. The first-order valence-electron chi connectivity index (χ1n) is 4.09. The van der Waals surface area contributed by atoms with Gasteiger partial charge in [-0.3, -0.25) is 0 Å². The third kappa shape index (κ3) is 1.65. The molecule has 14 heavy (non-hydrogen) atoms. The van der Waals surface area contributed by atoms with Crippen LogP contribution in [0.5, 0.6) is 5.75 Å². The minimum atomic E-state index is 0.223. The Morgan fingerprint density at radius 1 is 1.43 bits per heavy atom. The molecule has 2 rings (SSSR count). The number of rotatable bonds is 1. The quantitative estimate of drug-likeness (QED) is 0.850. The molecule has 0 radical (unpaired) electrons. The fourth-order valence-electron chi connectivity index (χ4n) is 1.29. The van der Waals surface area contributed by atoms with Crippen molar-refractivity contribution >= 4 is 15.9 Å². The summed E-state index contributed by atoms with van der Waals surface area (Å²) < 4.78 is 5.23. The molecule has 3 nitrogen and oxygen atoms in total. The van der Waals surface area contributed by atoms with E-state index in [2.05, 4.69) is 20.9 Å². The van der Waals surface area contributed by atoms with Crippen LogP contribution in [0.3, 0.4) is 0 Å². The number of hydrogen-bond acceptors (Lipinski definition) is 3. The van der Waals surface area contributed by atoms with E-state index >= 15 is 0 Å². The highest BCUT2D eigenvalue weighted by molar-refractivity contribution is 9.10. The lowest BCUT2D eigenvalue weighted by Crippen LogP contribution is -1.79. The minimum absolute atomic E-state index is 0.223. The average Bonchev–Trinajstić information content (AvgIpc) is 2.45. The van der Waals surface area contributed by atoms with Crippen LogP contribution in [0, 0.1) is 6.92 Å². The molecule has 0 aliphatic carbocycles. The summed E-state index contributed by atoms with van der Waals surface area (Å²) >= 11 is 3.16. The molecule has 0 unspecified atom stereocenters. The first-order chi connectivity index (χ1) is 6.66. The van der Waals surface area contributed by atoms with Crippen molar-refractivity contribution in [1.29, 1.82) is 0 Å². The Morgan fingerprint density at radius 3 is 2.79 bits per heavy atom. The van der Waals surface area contributed by atoms with E-state index in [4.69, 9.17) is 4.42 Å². The third-order valence-electron chi connectivity index (χ3n) is 1.89. The van der Waals surface area contributed by atoms with Gasteiger partial charge >= 0.3 is 0 Å². The molecule has 0 amide bonds. The van der Waals surface area contributed by atoms with Crippen LogP contribution in [0.1, 0.15) is 5.76 Å². The molecule has 0 saturated heterocycles. The zero-order valence-electron chi connectivity index (χ0n) is 7.49. The van der Waals surface area contributed by atoms with Gasteiger partial charge in [-0.2, -0.15) is 0 Å². The lowest BCUT2D eigenvalue weighted by atomic mass is 10.1. The van der Waals surface area contributed by atoms with E-state index in [0.29, 0.717) is 4.80 Å². The first kappa shape index (κ1) is 9.27. The Hall–Kier alpha value is -1.29. The highest BCUT2D eigenvalue weighted by atomic mass is 79.9. The van der Waals surface area contributed by atoms with E-state index in [9.17, 15) is 5.11 Å². The van der Waals surface area contributed by atoms with Crippen molar-refractivity contribution in [3.63, 3.8) is 0 Å². The molecular formula is C10H8BrNO2. The number of hydrogen-bond donors (Lipinski definition) is 1. The van der Waals surface area contributed by atoms with Gasteiger partial charge in [0.1, 0.15) is 17.2 Å². The van der Waals surface area contributed by atoms with E-state index in [1.165, 1.54) is 0 Å². The van der Waals surface area contributed by atoms with Gasteiger partial charge < -0.3 is 9.52 Å². The molecule has 72 valence electrons. The molecule has 0 aliphatic heterocycles. The van der Waals surface area contributed by atoms with Crippen molar-refractivity contribution in [3.05, 3.63) is 34.8 Å². The summed E-state index contributed by atoms with van der Waals surface area (Å²) in [7, 11) is 0. The summed E-state index contributed by atoms with van der Waals surface area (Å²) in [5, 5.41) is 9.30. The lowest BCUT2D eigenvalue weighted by Gasteiger charge is -1.97. The summed E-state index contributed by atoms with van der Waals surface area (Å²) in [6.45, 7) is 1.83. The first-order valence-corrected chi connectivity index (χ1v) is 4.88. The molecule has 2 aromatic rings. The summed E-state index contributed by atoms with van der Waals surface area (Å²) in [5.41, 5.74) is 1.59. The molecule has 1 aromatic heterocycles. The molecule has 0 fully saturated rings. The normalized spacial score (nSPS) is 10.4. The van der Waals surface area contributed by atoms with Gasteiger partial charge in [0.25, 0.3) is 4.80 Å². The van der Waals surface area contributed by atoms with Crippen LogP contribution < -0.4 is 0 Å². The van der Waals surface area contributed by atoms with Crippen LogP contribution in [0.15, 0.2) is 33.5 Å². The predicted octanol–water partition coefficient (Wildman–Crippen LogP) is 3.12. The second-order valence-corrected chi connectivity index (χ2v) is 3.60. The monoisotopic (exact) mass is 253 g/mol. The molecule has 1 aromatic carbocycles. The smallest absolute Gasteiger partial charge is 0.264 e. The van der Waals surface area contributed by atoms with E-state index < -0.39 is 0 Å². The highest BCUT2D eigenvalue weighted by Crippen LogP contribution is 2.27. The third-order valence-corrected chi connectivity index (χ3v) is 2.23. The second-order valence-electron chi connectivity index (χ2n) is 2.92. The molecule has 0 atom stereocenters. The Kier molecular flexibility index (Phi) is 2.29. The molecule has 0 spiro atoms. The van der Waals surface area contributed by atoms with Crippen molar-refractivity contribution in [3.8, 4) is 17.0 Å². The number of aromatic hydroxyl groups is 1. The van der Waals surface area contributed by atoms with Gasteiger partial charge in [0.2, 0.25) is 0 Å². The van der Waals surface area contributed by atoms with Gasteiger partial charge in [0.05, 0.1) is 0 Å². The maximum Gasteiger partial charge on any atom is 0.264 e. The van der Waals surface area contributed by atoms with E-state index in [1.807, 2.05) is 13.0 Å². The van der Waals surface area contributed by atoms with Gasteiger partial charge in [0, 0.05) is 21.5 Å². The van der Waals surface area contributed by atoms with Crippen LogP contribution in [-0.2, 0) is 0 Å². The molecule has 0 saturated carbocycles. The molecular weight excluding hydrogens is 246 g/mol. The van der Waals surface area contributed by atoms with Crippen molar-refractivity contribution in [2.45, 2.75) is 6.92 Å². The second kappa shape index (κ2) is 3.46. The van der Waals surface area contributed by atoms with Gasteiger partial charge in [-0.15, -0.1) is 0 Å². The van der Waals surface area contributed by atoms with Crippen molar-refractivity contribution in [1.82, 2.24) is 4.98 Å². The van der Waals surface area contributed by atoms with E-state index in [1.54, 1.807) is 18.2 Å². The molecule has 1 heterocycles. The number of phenols is 1. The Morgan fingerprint density at radius 2 is 2.21 bits per heavy atom. The summed E-state index contributed by atoms with van der Waals surface area (Å²) in [5.74, 6) is 0.948. The van der Waals surface area contributed by atoms with Gasteiger partial charge in [-0.05, 0) is 19.1 Å². The van der Waals surface area contributed by atoms with Crippen LogP contribution >= 0.6 is 15.9 Å². The summed E-state index contributed by atoms with van der Waals surface area (Å²) in [6, 6.07) is 6.91. The molecule has 0 aliphatic rings. The summed E-state index contributed by atoms with van der Waals surface area (Å²) in [6.07, 6.45) is 0. The molecule has 4 heteroatoms. The Balaban J connectivity index is 2.54. The highest BCUT2D eigenvalue weighted by Gasteiger charge is 2.09. The zero-order valence-corrected chi connectivity index (χ0v) is 9.08. The van der Waals surface area contributed by atoms with Crippen molar-refractivity contribution in [2.75, 3.05) is 0 Å². The van der Waals surface area contributed by atoms with Gasteiger partial charge in [-0.1, -0.05) is 12.1 Å². The number of nitrogens with zero attached hydrogens (tertiary/aromatic N) is 1. The van der Waals surface area contributed by atoms with E-state index in [-0.39, 0.29) is 5.75 Å². The zero-order chi connectivity index (χ0) is 10.1. The maximum atomic E-state index is 9.30. The average molecular weight is 254 g/mol. The SMILES string of the molecule is Cc1oc(Br)nc1-c1cccc(O)c1. The maximum absolute atomic E-state index is 9.30. The standard InChI is InChI=1S/C10H8BrNO2/c1-6-9(12-10(11)14-6)7-3-2-4-8(13)5-7/h2-5,13H,1H3. The van der Waals surface area contributed by atoms with Gasteiger partial charge in [0.15, 0.2) is 0 Å². The number of aryl methyl sites for hydroxylation is 1. The van der Waals surface area contributed by atoms with Crippen LogP contribution in [-0.4, -0.2) is 10.1 Å². The van der Waals surface area contributed by atoms with Crippen LogP contribution in [0.4, 0.5) is 0 Å². The number of oxazole rings is 1.